The van der Waals surface area contributed by atoms with Gasteiger partial charge in [0.2, 0.25) is 11.8 Å². The lowest BCUT2D eigenvalue weighted by molar-refractivity contribution is -0.120. The molecule has 1 saturated heterocycles. The number of hydrogen-bond donors (Lipinski definition) is 1. The fourth-order valence-corrected chi connectivity index (χ4v) is 3.37. The van der Waals surface area contributed by atoms with E-state index in [2.05, 4.69) is 43.1 Å². The van der Waals surface area contributed by atoms with E-state index in [1.807, 2.05) is 6.92 Å². The van der Waals surface area contributed by atoms with Crippen molar-refractivity contribution in [1.82, 2.24) is 30.1 Å². The monoisotopic (exact) mass is 346 g/mol. The highest BCUT2D eigenvalue weighted by molar-refractivity contribution is 5.77. The fourth-order valence-electron chi connectivity index (χ4n) is 3.37. The molecule has 2 aromatic rings. The lowest BCUT2D eigenvalue weighted by atomic mass is 10.0. The van der Waals surface area contributed by atoms with E-state index in [1.165, 1.54) is 18.5 Å². The van der Waals surface area contributed by atoms with Crippen molar-refractivity contribution in [3.05, 3.63) is 29.2 Å². The summed E-state index contributed by atoms with van der Waals surface area (Å²) in [6.07, 6.45) is 3.69. The topological polar surface area (TPSA) is 89.1 Å². The molecule has 1 N–H and O–H groups in total. The second-order valence-electron chi connectivity index (χ2n) is 6.68. The molecule has 25 heavy (non-hydrogen) atoms. The predicted molar refractivity (Wildman–Crippen MR) is 91.8 cm³/mol. The van der Waals surface area contributed by atoms with Crippen LogP contribution in [0.25, 0.3) is 0 Å². The summed E-state index contributed by atoms with van der Waals surface area (Å²) in [5, 5.41) is 11.1. The number of piperidine rings is 1. The largest absolute Gasteiger partial charge is 0.359 e. The van der Waals surface area contributed by atoms with Crippen molar-refractivity contribution in [3.63, 3.8) is 0 Å². The Morgan fingerprint density at radius 1 is 1.40 bits per heavy atom. The number of carbonyl (C=O) groups is 1. The molecule has 1 amide bonds. The Morgan fingerprint density at radius 3 is 2.96 bits per heavy atom. The number of likely N-dealkylation sites (tertiary alicyclic amines) is 1. The third kappa shape index (κ3) is 4.45. The first-order valence-corrected chi connectivity index (χ1v) is 8.82. The maximum Gasteiger partial charge on any atom is 0.240 e. The second kappa shape index (κ2) is 7.77. The van der Waals surface area contributed by atoms with Crippen LogP contribution in [0.5, 0.6) is 0 Å². The SMILES string of the molecule is CNC(=O)Cc1noc(CN2CCCCC2Cn2nc(C)cc2C)n1. The first kappa shape index (κ1) is 17.6. The molecular formula is C17H26N6O2. The number of aromatic nitrogens is 4. The zero-order valence-corrected chi connectivity index (χ0v) is 15.2. The van der Waals surface area contributed by atoms with Gasteiger partial charge in [-0.25, -0.2) is 0 Å². The van der Waals surface area contributed by atoms with Gasteiger partial charge in [-0.15, -0.1) is 0 Å². The maximum atomic E-state index is 11.4. The van der Waals surface area contributed by atoms with E-state index >= 15 is 0 Å². The molecule has 2 aromatic heterocycles. The number of aryl methyl sites for hydroxylation is 2. The third-order valence-corrected chi connectivity index (χ3v) is 4.68. The number of likely N-dealkylation sites (N-methyl/N-ethyl adjacent to an activating group) is 1. The minimum atomic E-state index is -0.118. The van der Waals surface area contributed by atoms with Gasteiger partial charge in [0, 0.05) is 18.8 Å². The zero-order valence-electron chi connectivity index (χ0n) is 15.2. The van der Waals surface area contributed by atoms with Crippen LogP contribution in [0.3, 0.4) is 0 Å². The highest BCUT2D eigenvalue weighted by Crippen LogP contribution is 2.21. The Morgan fingerprint density at radius 2 is 2.24 bits per heavy atom. The molecule has 1 fully saturated rings. The molecule has 3 heterocycles. The Bertz CT molecular complexity index is 723. The van der Waals surface area contributed by atoms with Gasteiger partial charge < -0.3 is 9.84 Å². The van der Waals surface area contributed by atoms with Crippen molar-refractivity contribution in [2.24, 2.45) is 0 Å². The number of hydrogen-bond acceptors (Lipinski definition) is 6. The molecule has 136 valence electrons. The quantitative estimate of drug-likeness (QED) is 0.846. The number of amides is 1. The number of rotatable bonds is 6. The summed E-state index contributed by atoms with van der Waals surface area (Å²) in [4.78, 5) is 18.2. The van der Waals surface area contributed by atoms with Gasteiger partial charge in [0.05, 0.1) is 25.2 Å². The van der Waals surface area contributed by atoms with Crippen molar-refractivity contribution in [2.75, 3.05) is 13.6 Å². The second-order valence-corrected chi connectivity index (χ2v) is 6.68. The maximum absolute atomic E-state index is 11.4. The molecule has 0 bridgehead atoms. The smallest absolute Gasteiger partial charge is 0.240 e. The van der Waals surface area contributed by atoms with E-state index in [9.17, 15) is 4.79 Å². The van der Waals surface area contributed by atoms with Gasteiger partial charge >= 0.3 is 0 Å². The normalized spacial score (nSPS) is 18.4. The van der Waals surface area contributed by atoms with Crippen LogP contribution in [-0.2, 0) is 24.3 Å². The summed E-state index contributed by atoms with van der Waals surface area (Å²) in [5.41, 5.74) is 2.24. The third-order valence-electron chi connectivity index (χ3n) is 4.68. The Hall–Kier alpha value is -2.22. The Balaban J connectivity index is 1.65. The van der Waals surface area contributed by atoms with Crippen LogP contribution in [0, 0.1) is 13.8 Å². The van der Waals surface area contributed by atoms with Gasteiger partial charge in [0.25, 0.3) is 0 Å². The van der Waals surface area contributed by atoms with Crippen molar-refractivity contribution in [1.29, 1.82) is 0 Å². The van der Waals surface area contributed by atoms with Gasteiger partial charge in [-0.3, -0.25) is 14.4 Å². The van der Waals surface area contributed by atoms with Gasteiger partial charge in [-0.1, -0.05) is 11.6 Å². The van der Waals surface area contributed by atoms with E-state index in [1.54, 1.807) is 7.05 Å². The van der Waals surface area contributed by atoms with E-state index < -0.39 is 0 Å². The fraction of sp³-hybridized carbons (Fsp3) is 0.647. The standard InChI is InChI=1S/C17H26N6O2/c1-12-8-13(2)23(20-12)10-14-6-4-5-7-22(14)11-17-19-15(21-25-17)9-16(24)18-3/h8,14H,4-7,9-11H2,1-3H3,(H,18,24). The lowest BCUT2D eigenvalue weighted by Gasteiger charge is -2.34. The molecule has 1 aliphatic rings. The van der Waals surface area contributed by atoms with E-state index in [4.69, 9.17) is 4.52 Å². The van der Waals surface area contributed by atoms with Crippen LogP contribution < -0.4 is 5.32 Å². The molecule has 1 atom stereocenters. The summed E-state index contributed by atoms with van der Waals surface area (Å²) in [5.74, 6) is 0.883. The van der Waals surface area contributed by atoms with Gasteiger partial charge in [0.15, 0.2) is 5.82 Å². The summed E-state index contributed by atoms with van der Waals surface area (Å²) in [6.45, 7) is 6.62. The molecule has 8 nitrogen and oxygen atoms in total. The van der Waals surface area contributed by atoms with Crippen LogP contribution in [0.1, 0.15) is 42.4 Å². The summed E-state index contributed by atoms with van der Waals surface area (Å²) in [6, 6.07) is 2.51. The minimum Gasteiger partial charge on any atom is -0.359 e. The van der Waals surface area contributed by atoms with Crippen molar-refractivity contribution >= 4 is 5.91 Å². The Labute approximate surface area is 147 Å². The van der Waals surface area contributed by atoms with Crippen LogP contribution >= 0.6 is 0 Å². The molecule has 0 aliphatic carbocycles. The average Bonchev–Trinajstić information content (AvgIpc) is 3.15. The van der Waals surface area contributed by atoms with E-state index in [0.29, 0.717) is 24.3 Å². The first-order chi connectivity index (χ1) is 12.0. The van der Waals surface area contributed by atoms with Crippen LogP contribution in [-0.4, -0.2) is 50.4 Å². The van der Waals surface area contributed by atoms with Gasteiger partial charge in [-0.05, 0) is 39.3 Å². The number of nitrogens with zero attached hydrogens (tertiary/aromatic N) is 5. The summed E-state index contributed by atoms with van der Waals surface area (Å²) in [7, 11) is 1.60. The molecule has 0 aromatic carbocycles. The first-order valence-electron chi connectivity index (χ1n) is 8.82. The zero-order chi connectivity index (χ0) is 17.8. The average molecular weight is 346 g/mol. The molecule has 0 radical (unpaired) electrons. The molecule has 3 rings (SSSR count). The van der Waals surface area contributed by atoms with E-state index in [-0.39, 0.29) is 12.3 Å². The highest BCUT2D eigenvalue weighted by Gasteiger charge is 2.25. The van der Waals surface area contributed by atoms with Crippen LogP contribution in [0.2, 0.25) is 0 Å². The number of nitrogens with one attached hydrogen (secondary N) is 1. The lowest BCUT2D eigenvalue weighted by Crippen LogP contribution is -2.42. The van der Waals surface area contributed by atoms with Crippen molar-refractivity contribution in [3.8, 4) is 0 Å². The summed E-state index contributed by atoms with van der Waals surface area (Å²) < 4.78 is 7.42. The van der Waals surface area contributed by atoms with Crippen molar-refractivity contribution in [2.45, 2.75) is 58.7 Å². The minimum absolute atomic E-state index is 0.118. The predicted octanol–water partition coefficient (Wildman–Crippen LogP) is 1.23. The molecular weight excluding hydrogens is 320 g/mol. The molecule has 1 aliphatic heterocycles. The summed E-state index contributed by atoms with van der Waals surface area (Å²) >= 11 is 0. The van der Waals surface area contributed by atoms with Gasteiger partial charge in [-0.2, -0.15) is 10.1 Å². The van der Waals surface area contributed by atoms with Crippen LogP contribution in [0.4, 0.5) is 0 Å². The molecule has 0 saturated carbocycles. The highest BCUT2D eigenvalue weighted by atomic mass is 16.5. The molecule has 0 spiro atoms. The number of carbonyl (C=O) groups excluding carboxylic acids is 1. The van der Waals surface area contributed by atoms with E-state index in [0.717, 1.165) is 25.2 Å². The van der Waals surface area contributed by atoms with Crippen LogP contribution in [0.15, 0.2) is 10.6 Å². The Kier molecular flexibility index (Phi) is 5.47. The molecule has 8 heteroatoms. The molecule has 1 unspecified atom stereocenters. The van der Waals surface area contributed by atoms with Crippen molar-refractivity contribution < 1.29 is 9.32 Å². The van der Waals surface area contributed by atoms with Gasteiger partial charge in [0.1, 0.15) is 0 Å².